The van der Waals surface area contributed by atoms with E-state index in [0.717, 1.165) is 12.1 Å². The SMILES string of the molecule is N#CC(=C1N=c2c(F)c(F)c(F)c(F)c2=N1)c1nc(-c2nc3cc(C(F)(F)F)c(F)cc3o2)nc(-c2ccc3c(c2C#N)=N/C(=C(\C#N)c2c(F)c(F)c(F)c(F)c2F)N=3)n1. The third-order valence-electron chi connectivity index (χ3n) is 8.57. The Labute approximate surface area is 324 Å². The predicted molar refractivity (Wildman–Crippen MR) is 170 cm³/mol. The fourth-order valence-electron chi connectivity index (χ4n) is 5.81. The van der Waals surface area contributed by atoms with Crippen LogP contribution in [0.4, 0.5) is 57.1 Å². The summed E-state index contributed by atoms with van der Waals surface area (Å²) in [6, 6.07) is 7.09. The Morgan fingerprint density at radius 3 is 1.69 bits per heavy atom. The standard InChI is InChI=1S/C36H4F13N11O/c37-13-4-16-15(3-12(13)36(47,48)49)54-35(61-16)34-59-30(58-33(60-34)11(7-52)32-56-28-25(45)23(43)24(44)26(46)29(28)57-32)8-1-2-14-27(9(8)5-50)55-31(53-14)10(6-51)17-18(38)20(40)22(42)21(41)19(17)39/h1-4H/b31-10+. The number of nitriles is 3. The highest BCUT2D eigenvalue weighted by molar-refractivity contribution is 5.81. The molecule has 0 saturated heterocycles. The number of oxazole rings is 1. The van der Waals surface area contributed by atoms with E-state index < -0.39 is 160 Å². The Morgan fingerprint density at radius 1 is 0.574 bits per heavy atom. The smallest absolute Gasteiger partial charge is 0.419 e. The topological polar surface area (TPSA) is 186 Å². The molecule has 12 nitrogen and oxygen atoms in total. The zero-order chi connectivity index (χ0) is 44.0. The first-order valence-electron chi connectivity index (χ1n) is 15.9. The molecule has 8 rings (SSSR count). The second-order valence-electron chi connectivity index (χ2n) is 12.1. The highest BCUT2D eigenvalue weighted by Crippen LogP contribution is 2.36. The van der Waals surface area contributed by atoms with Gasteiger partial charge in [0, 0.05) is 11.6 Å². The second-order valence-corrected chi connectivity index (χ2v) is 12.1. The molecule has 2 aliphatic rings. The molecule has 2 aliphatic heterocycles. The lowest BCUT2D eigenvalue weighted by Gasteiger charge is -2.07. The van der Waals surface area contributed by atoms with E-state index in [1.54, 1.807) is 6.07 Å². The molecule has 4 aromatic carbocycles. The Bertz CT molecular complexity index is 3450. The number of halogens is 13. The Balaban J connectivity index is 1.39. The van der Waals surface area contributed by atoms with Crippen LogP contribution in [0.1, 0.15) is 22.5 Å². The van der Waals surface area contributed by atoms with Crippen LogP contribution < -0.4 is 21.4 Å². The first-order chi connectivity index (χ1) is 28.9. The van der Waals surface area contributed by atoms with Gasteiger partial charge in [0.25, 0.3) is 5.89 Å². The van der Waals surface area contributed by atoms with E-state index >= 15 is 0 Å². The second kappa shape index (κ2) is 13.9. The minimum Gasteiger partial charge on any atom is -0.433 e. The number of fused-ring (bicyclic) bond motifs is 3. The Kier molecular flexibility index (Phi) is 8.96. The number of benzene rings is 4. The van der Waals surface area contributed by atoms with Crippen LogP contribution in [0.2, 0.25) is 0 Å². The lowest BCUT2D eigenvalue weighted by molar-refractivity contribution is -0.139. The van der Waals surface area contributed by atoms with Gasteiger partial charge in [0.05, 0.1) is 22.0 Å². The van der Waals surface area contributed by atoms with Gasteiger partial charge in [0.1, 0.15) is 56.8 Å². The van der Waals surface area contributed by atoms with Gasteiger partial charge < -0.3 is 4.42 Å². The summed E-state index contributed by atoms with van der Waals surface area (Å²) >= 11 is 0. The average molecular weight is 853 g/mol. The third-order valence-corrected chi connectivity index (χ3v) is 8.57. The van der Waals surface area contributed by atoms with Crippen molar-refractivity contribution in [3.63, 3.8) is 0 Å². The average Bonchev–Trinajstić information content (AvgIpc) is 3.99. The number of hydrogen-bond acceptors (Lipinski definition) is 12. The van der Waals surface area contributed by atoms with Gasteiger partial charge in [0.2, 0.25) is 11.6 Å². The maximum absolute atomic E-state index is 14.7. The van der Waals surface area contributed by atoms with Gasteiger partial charge in [-0.05, 0) is 18.2 Å². The molecule has 300 valence electrons. The molecule has 0 aliphatic carbocycles. The minimum atomic E-state index is -5.20. The van der Waals surface area contributed by atoms with Crippen molar-refractivity contribution in [1.29, 1.82) is 15.8 Å². The molecule has 6 aromatic rings. The van der Waals surface area contributed by atoms with Crippen LogP contribution in [0.3, 0.4) is 0 Å². The molecule has 0 N–H and O–H groups in total. The van der Waals surface area contributed by atoms with Crippen molar-refractivity contribution < 1.29 is 61.5 Å². The van der Waals surface area contributed by atoms with Gasteiger partial charge in [-0.2, -0.15) is 29.0 Å². The van der Waals surface area contributed by atoms with Gasteiger partial charge in [-0.25, -0.2) is 83.8 Å². The molecule has 25 heteroatoms. The van der Waals surface area contributed by atoms with Gasteiger partial charge in [-0.3, -0.25) is 0 Å². The first-order valence-corrected chi connectivity index (χ1v) is 15.9. The summed E-state index contributed by atoms with van der Waals surface area (Å²) in [5, 5.41) is 26.9. The largest absolute Gasteiger partial charge is 0.433 e. The van der Waals surface area contributed by atoms with Crippen molar-refractivity contribution in [2.24, 2.45) is 20.0 Å². The van der Waals surface area contributed by atoms with E-state index in [-0.39, 0.29) is 11.4 Å². The normalized spacial score (nSPS) is 13.6. The summed E-state index contributed by atoms with van der Waals surface area (Å²) in [6.07, 6.45) is -5.20. The summed E-state index contributed by atoms with van der Waals surface area (Å²) in [6.45, 7) is 0. The fourth-order valence-corrected chi connectivity index (χ4v) is 5.81. The molecule has 61 heavy (non-hydrogen) atoms. The Hall–Kier alpha value is -8.40. The van der Waals surface area contributed by atoms with Crippen LogP contribution in [0, 0.1) is 92.2 Å². The number of hydrogen-bond donors (Lipinski definition) is 0. The molecule has 0 fully saturated rings. The molecular formula is C36H4F13N11O. The number of nitrogens with zero attached hydrogens (tertiary/aromatic N) is 11. The number of aromatic nitrogens is 4. The van der Waals surface area contributed by atoms with Crippen molar-refractivity contribution in [3.8, 4) is 41.3 Å². The molecule has 0 bridgehead atoms. The van der Waals surface area contributed by atoms with Gasteiger partial charge >= 0.3 is 6.18 Å². The number of rotatable bonds is 4. The quantitative estimate of drug-likeness (QED) is 0.0906. The lowest BCUT2D eigenvalue weighted by atomic mass is 10.0. The summed E-state index contributed by atoms with van der Waals surface area (Å²) in [4.78, 5) is 30.8. The third kappa shape index (κ3) is 6.07. The van der Waals surface area contributed by atoms with Crippen molar-refractivity contribution in [3.05, 3.63) is 138 Å². The molecule has 4 heterocycles. The summed E-state index contributed by atoms with van der Waals surface area (Å²) in [5.41, 5.74) is -7.96. The van der Waals surface area contributed by atoms with E-state index in [0.29, 0.717) is 6.07 Å². The highest BCUT2D eigenvalue weighted by atomic mass is 19.4. The van der Waals surface area contributed by atoms with Crippen molar-refractivity contribution >= 4 is 22.2 Å². The maximum atomic E-state index is 14.7. The molecule has 0 amide bonds. The fraction of sp³-hybridized carbons (Fsp3) is 0.0278. The summed E-state index contributed by atoms with van der Waals surface area (Å²) in [7, 11) is 0. The van der Waals surface area contributed by atoms with Crippen LogP contribution in [0.25, 0.3) is 45.3 Å². The molecule has 0 unspecified atom stereocenters. The van der Waals surface area contributed by atoms with E-state index in [2.05, 4.69) is 39.9 Å². The Morgan fingerprint density at radius 2 is 1.11 bits per heavy atom. The van der Waals surface area contributed by atoms with Crippen LogP contribution in [-0.4, -0.2) is 19.9 Å². The van der Waals surface area contributed by atoms with Crippen LogP contribution in [0.15, 0.2) is 60.3 Å². The molecule has 2 aromatic heterocycles. The van der Waals surface area contributed by atoms with E-state index in [1.807, 2.05) is 0 Å². The summed E-state index contributed by atoms with van der Waals surface area (Å²) in [5.74, 6) is -27.7. The van der Waals surface area contributed by atoms with Crippen LogP contribution in [0.5, 0.6) is 0 Å². The molecule has 0 radical (unpaired) electrons. The number of alkyl halides is 3. The van der Waals surface area contributed by atoms with Gasteiger partial charge in [0.15, 0.2) is 75.4 Å². The molecule has 0 saturated carbocycles. The van der Waals surface area contributed by atoms with E-state index in [1.165, 1.54) is 12.1 Å². The van der Waals surface area contributed by atoms with Gasteiger partial charge in [-0.1, -0.05) is 0 Å². The van der Waals surface area contributed by atoms with Crippen LogP contribution >= 0.6 is 0 Å². The van der Waals surface area contributed by atoms with Crippen molar-refractivity contribution in [2.75, 3.05) is 0 Å². The van der Waals surface area contributed by atoms with Gasteiger partial charge in [-0.15, -0.1) is 0 Å². The zero-order valence-corrected chi connectivity index (χ0v) is 28.6. The van der Waals surface area contributed by atoms with Crippen molar-refractivity contribution in [1.82, 2.24) is 19.9 Å². The molecule has 0 atom stereocenters. The van der Waals surface area contributed by atoms with Crippen LogP contribution in [-0.2, 0) is 6.18 Å². The van der Waals surface area contributed by atoms with E-state index in [4.69, 9.17) is 4.42 Å². The number of allylic oxidation sites excluding steroid dienone is 2. The molecule has 0 spiro atoms. The first kappa shape index (κ1) is 39.4. The zero-order valence-electron chi connectivity index (χ0n) is 28.6. The van der Waals surface area contributed by atoms with Crippen molar-refractivity contribution in [2.45, 2.75) is 6.18 Å². The lowest BCUT2D eigenvalue weighted by Crippen LogP contribution is -2.32. The minimum absolute atomic E-state index is 0.268. The maximum Gasteiger partial charge on any atom is 0.419 e. The molecular weight excluding hydrogens is 849 g/mol. The highest BCUT2D eigenvalue weighted by Gasteiger charge is 2.36. The van der Waals surface area contributed by atoms with E-state index in [9.17, 15) is 72.9 Å². The monoisotopic (exact) mass is 853 g/mol. The summed E-state index contributed by atoms with van der Waals surface area (Å²) < 4.78 is 189. The predicted octanol–water partition coefficient (Wildman–Crippen LogP) is 5.92.